The van der Waals surface area contributed by atoms with Crippen molar-refractivity contribution in [2.75, 3.05) is 0 Å². The van der Waals surface area contributed by atoms with Crippen LogP contribution in [0, 0.1) is 0 Å². The molecule has 0 aromatic rings. The number of hydrogen-bond donors (Lipinski definition) is 1. The van der Waals surface area contributed by atoms with Crippen LogP contribution in [-0.2, 0) is 10.1 Å². The summed E-state index contributed by atoms with van der Waals surface area (Å²) in [6, 6.07) is 0. The van der Waals surface area contributed by atoms with Gasteiger partial charge in [-0.3, -0.25) is 0 Å². The van der Waals surface area contributed by atoms with E-state index in [0.29, 0.717) is 12.8 Å². The number of hydrogen-bond acceptors (Lipinski definition) is 4. The molecule has 176 valence electrons. The summed E-state index contributed by atoms with van der Waals surface area (Å²) in [5.41, 5.74) is 0. The minimum Gasteiger partial charge on any atom is -0.748 e. The summed E-state index contributed by atoms with van der Waals surface area (Å²) in [5.74, 6) is 0. The van der Waals surface area contributed by atoms with Gasteiger partial charge in [-0.25, -0.2) is 8.42 Å². The van der Waals surface area contributed by atoms with Gasteiger partial charge in [-0.05, 0) is 25.7 Å². The van der Waals surface area contributed by atoms with Gasteiger partial charge in [0.1, 0.15) is 0 Å². The zero-order valence-corrected chi connectivity index (χ0v) is 24.3. The van der Waals surface area contributed by atoms with E-state index in [-0.39, 0.29) is 57.5 Å². The molecule has 1 N–H and O–H groups in total. The van der Waals surface area contributed by atoms with E-state index in [9.17, 15) is 18.1 Å². The third-order valence-corrected chi connectivity index (χ3v) is 7.26. The molecule has 6 heteroatoms. The Bertz CT molecular complexity index is 442. The number of aliphatic hydroxyl groups is 1. The standard InChI is InChI=1S/C24H50O4S.K/c1-3-5-6-7-8-9-10-13-16-20-23(25)21-17-14-11-12-15-18-22-24(19-4-2)29(26,27)28;/h23-25H,3-22H2,1-2H3,(H,26,27,28);/q;+1/p-1. The Hall–Kier alpha value is 1.51. The first-order valence-corrected chi connectivity index (χ1v) is 14.0. The molecule has 0 heterocycles. The van der Waals surface area contributed by atoms with Crippen LogP contribution >= 0.6 is 0 Å². The van der Waals surface area contributed by atoms with E-state index in [1.165, 1.54) is 51.4 Å². The third kappa shape index (κ3) is 22.7. The van der Waals surface area contributed by atoms with Crippen molar-refractivity contribution >= 4 is 10.1 Å². The molecule has 0 spiro atoms. The second kappa shape index (κ2) is 23.7. The Labute approximate surface area is 230 Å². The van der Waals surface area contributed by atoms with Gasteiger partial charge in [-0.2, -0.15) is 0 Å². The quantitative estimate of drug-likeness (QED) is 0.146. The van der Waals surface area contributed by atoms with Crippen LogP contribution in [-0.4, -0.2) is 29.4 Å². The molecule has 2 unspecified atom stereocenters. The van der Waals surface area contributed by atoms with E-state index in [1.54, 1.807) is 0 Å². The molecule has 0 fully saturated rings. The van der Waals surface area contributed by atoms with Crippen LogP contribution in [0.5, 0.6) is 0 Å². The van der Waals surface area contributed by atoms with Crippen molar-refractivity contribution < 1.29 is 69.5 Å². The predicted octanol–water partition coefficient (Wildman–Crippen LogP) is 4.11. The normalized spacial score (nSPS) is 13.7. The Morgan fingerprint density at radius 2 is 0.967 bits per heavy atom. The molecule has 0 aromatic heterocycles. The summed E-state index contributed by atoms with van der Waals surface area (Å²) in [7, 11) is -4.13. The molecule has 0 saturated carbocycles. The molecule has 0 radical (unpaired) electrons. The predicted molar refractivity (Wildman–Crippen MR) is 123 cm³/mol. The van der Waals surface area contributed by atoms with Crippen LogP contribution in [0.1, 0.15) is 142 Å². The van der Waals surface area contributed by atoms with E-state index in [1.807, 2.05) is 6.92 Å². The molecule has 0 aromatic carbocycles. The van der Waals surface area contributed by atoms with Crippen molar-refractivity contribution in [1.29, 1.82) is 0 Å². The van der Waals surface area contributed by atoms with Crippen LogP contribution < -0.4 is 51.4 Å². The third-order valence-electron chi connectivity index (χ3n) is 5.97. The molecule has 0 saturated heterocycles. The average molecular weight is 473 g/mol. The minimum atomic E-state index is -4.13. The Morgan fingerprint density at radius 3 is 1.33 bits per heavy atom. The maximum atomic E-state index is 11.2. The van der Waals surface area contributed by atoms with E-state index in [0.717, 1.165) is 64.2 Å². The Morgan fingerprint density at radius 1 is 0.600 bits per heavy atom. The number of unbranched alkanes of at least 4 members (excludes halogenated alkanes) is 13. The fourth-order valence-corrected chi connectivity index (χ4v) is 5.03. The Balaban J connectivity index is 0. The average Bonchev–Trinajstić information content (AvgIpc) is 2.67. The van der Waals surface area contributed by atoms with Crippen LogP contribution in [0.15, 0.2) is 0 Å². The molecule has 30 heavy (non-hydrogen) atoms. The fraction of sp³-hybridized carbons (Fsp3) is 1.00. The second-order valence-electron chi connectivity index (χ2n) is 8.87. The summed E-state index contributed by atoms with van der Waals surface area (Å²) in [6.07, 6.45) is 21.6. The van der Waals surface area contributed by atoms with Crippen LogP contribution in [0.2, 0.25) is 0 Å². The van der Waals surface area contributed by atoms with E-state index in [4.69, 9.17) is 0 Å². The van der Waals surface area contributed by atoms with Gasteiger partial charge >= 0.3 is 51.4 Å². The van der Waals surface area contributed by atoms with E-state index >= 15 is 0 Å². The zero-order chi connectivity index (χ0) is 21.8. The maximum Gasteiger partial charge on any atom is 1.00 e. The van der Waals surface area contributed by atoms with Crippen LogP contribution in [0.4, 0.5) is 0 Å². The molecule has 0 aliphatic carbocycles. The van der Waals surface area contributed by atoms with Gasteiger partial charge in [0.25, 0.3) is 0 Å². The van der Waals surface area contributed by atoms with Gasteiger partial charge < -0.3 is 9.66 Å². The first kappa shape index (κ1) is 33.7. The monoisotopic (exact) mass is 472 g/mol. The van der Waals surface area contributed by atoms with E-state index in [2.05, 4.69) is 6.92 Å². The molecule has 0 aliphatic heterocycles. The first-order valence-electron chi connectivity index (χ1n) is 12.5. The van der Waals surface area contributed by atoms with Gasteiger partial charge in [0.15, 0.2) is 0 Å². The summed E-state index contributed by atoms with van der Waals surface area (Å²) < 4.78 is 33.6. The molecule has 0 bridgehead atoms. The molecule has 0 amide bonds. The molecule has 4 nitrogen and oxygen atoms in total. The second-order valence-corrected chi connectivity index (χ2v) is 10.5. The molecule has 2 atom stereocenters. The summed E-state index contributed by atoms with van der Waals surface area (Å²) >= 11 is 0. The van der Waals surface area contributed by atoms with Crippen molar-refractivity contribution in [3.8, 4) is 0 Å². The van der Waals surface area contributed by atoms with Gasteiger partial charge in [0.05, 0.1) is 16.2 Å². The van der Waals surface area contributed by atoms with Gasteiger partial charge in [0.2, 0.25) is 0 Å². The molecule has 0 aliphatic rings. The van der Waals surface area contributed by atoms with Crippen molar-refractivity contribution in [1.82, 2.24) is 0 Å². The maximum absolute atomic E-state index is 11.2. The summed E-state index contributed by atoms with van der Waals surface area (Å²) in [4.78, 5) is 0. The zero-order valence-electron chi connectivity index (χ0n) is 20.4. The van der Waals surface area contributed by atoms with Gasteiger partial charge in [-0.15, -0.1) is 0 Å². The van der Waals surface area contributed by atoms with Crippen molar-refractivity contribution in [2.45, 2.75) is 154 Å². The van der Waals surface area contributed by atoms with Crippen LogP contribution in [0.3, 0.4) is 0 Å². The van der Waals surface area contributed by atoms with Crippen molar-refractivity contribution in [2.24, 2.45) is 0 Å². The minimum absolute atomic E-state index is 0. The topological polar surface area (TPSA) is 77.4 Å². The van der Waals surface area contributed by atoms with Crippen molar-refractivity contribution in [3.63, 3.8) is 0 Å². The molecular weight excluding hydrogens is 423 g/mol. The van der Waals surface area contributed by atoms with Crippen LogP contribution in [0.25, 0.3) is 0 Å². The number of aliphatic hydroxyl groups excluding tert-OH is 1. The molecular formula is C24H49KO4S. The SMILES string of the molecule is CCCCCCCCCCCC(O)CCCCCCCCC(CCC)S(=O)(=O)[O-].[K+]. The largest absolute Gasteiger partial charge is 1.00 e. The van der Waals surface area contributed by atoms with E-state index < -0.39 is 15.4 Å². The first-order chi connectivity index (χ1) is 13.9. The smallest absolute Gasteiger partial charge is 0.748 e. The van der Waals surface area contributed by atoms with Crippen molar-refractivity contribution in [3.05, 3.63) is 0 Å². The molecule has 0 rings (SSSR count). The summed E-state index contributed by atoms with van der Waals surface area (Å²) in [6.45, 7) is 4.17. The fourth-order valence-electron chi connectivity index (χ4n) is 4.05. The Kier molecular flexibility index (Phi) is 26.6. The van der Waals surface area contributed by atoms with Gasteiger partial charge in [-0.1, -0.05) is 117 Å². The summed E-state index contributed by atoms with van der Waals surface area (Å²) in [5, 5.41) is 9.40. The number of rotatable bonds is 22. The van der Waals surface area contributed by atoms with Gasteiger partial charge in [0, 0.05) is 5.25 Å².